The van der Waals surface area contributed by atoms with Gasteiger partial charge in [0.15, 0.2) is 0 Å². The summed E-state index contributed by atoms with van der Waals surface area (Å²) in [5, 5.41) is 9.80. The molecule has 1 aromatic heterocycles. The minimum atomic E-state index is 0.167. The zero-order chi connectivity index (χ0) is 16.4. The van der Waals surface area contributed by atoms with Crippen LogP contribution in [0.5, 0.6) is 5.75 Å². The third-order valence-electron chi connectivity index (χ3n) is 3.72. The quantitative estimate of drug-likeness (QED) is 0.642. The normalized spacial score (nSPS) is 12.3. The van der Waals surface area contributed by atoms with Crippen LogP contribution in [0.4, 0.5) is 0 Å². The number of aryl methyl sites for hydroxylation is 2. The summed E-state index contributed by atoms with van der Waals surface area (Å²) in [5.74, 6) is 1.83. The molecule has 4 heteroatoms. The van der Waals surface area contributed by atoms with Gasteiger partial charge in [0.05, 0.1) is 10.9 Å². The number of nitrogens with zero attached hydrogens (tertiary/aromatic N) is 1. The van der Waals surface area contributed by atoms with Crippen molar-refractivity contribution in [3.63, 3.8) is 0 Å². The molecule has 3 rings (SSSR count). The molecule has 118 valence electrons. The summed E-state index contributed by atoms with van der Waals surface area (Å²) in [6, 6.07) is 15.6. The Balaban J connectivity index is 1.83. The molecule has 0 saturated heterocycles. The van der Waals surface area contributed by atoms with Crippen molar-refractivity contribution in [2.75, 3.05) is 0 Å². The highest BCUT2D eigenvalue weighted by Gasteiger charge is 2.18. The number of phenols is 1. The number of benzene rings is 2. The maximum absolute atomic E-state index is 9.63. The summed E-state index contributed by atoms with van der Waals surface area (Å²) in [5.41, 5.74) is 2.82. The van der Waals surface area contributed by atoms with Gasteiger partial charge >= 0.3 is 0 Å². The van der Waals surface area contributed by atoms with Crippen molar-refractivity contribution in [3.05, 3.63) is 65.5 Å². The smallest absolute Gasteiger partial charge is 0.226 e. The molecule has 0 bridgehead atoms. The van der Waals surface area contributed by atoms with Crippen LogP contribution < -0.4 is 0 Å². The first-order valence-electron chi connectivity index (χ1n) is 7.53. The Morgan fingerprint density at radius 2 is 1.83 bits per heavy atom. The zero-order valence-corrected chi connectivity index (χ0v) is 14.2. The molecule has 1 heterocycles. The topological polar surface area (TPSA) is 46.3 Å². The molecule has 1 atom stereocenters. The van der Waals surface area contributed by atoms with E-state index in [9.17, 15) is 5.11 Å². The summed E-state index contributed by atoms with van der Waals surface area (Å²) in [4.78, 5) is 5.79. The summed E-state index contributed by atoms with van der Waals surface area (Å²) in [6.45, 7) is 5.97. The second kappa shape index (κ2) is 6.50. The Kier molecular flexibility index (Phi) is 4.44. The highest BCUT2D eigenvalue weighted by atomic mass is 32.2. The maximum Gasteiger partial charge on any atom is 0.226 e. The molecular formula is C19H19NO2S. The maximum atomic E-state index is 9.63. The van der Waals surface area contributed by atoms with E-state index in [-0.39, 0.29) is 5.25 Å². The van der Waals surface area contributed by atoms with E-state index >= 15 is 0 Å². The van der Waals surface area contributed by atoms with Gasteiger partial charge < -0.3 is 9.52 Å². The lowest BCUT2D eigenvalue weighted by Crippen LogP contribution is -1.92. The predicted molar refractivity (Wildman–Crippen MR) is 93.8 cm³/mol. The lowest BCUT2D eigenvalue weighted by atomic mass is 10.2. The van der Waals surface area contributed by atoms with Crippen molar-refractivity contribution in [1.82, 2.24) is 4.98 Å². The van der Waals surface area contributed by atoms with E-state index in [0.717, 1.165) is 27.5 Å². The highest BCUT2D eigenvalue weighted by Crippen LogP contribution is 2.38. The summed E-state index contributed by atoms with van der Waals surface area (Å²) < 4.78 is 5.84. The molecule has 0 aliphatic heterocycles. The molecule has 1 N–H and O–H groups in total. The highest BCUT2D eigenvalue weighted by molar-refractivity contribution is 7.99. The number of phenolic OH excluding ortho intramolecular Hbond substituents is 1. The summed E-state index contributed by atoms with van der Waals surface area (Å²) >= 11 is 1.71. The molecule has 3 aromatic rings. The van der Waals surface area contributed by atoms with Gasteiger partial charge in [-0.3, -0.25) is 0 Å². The zero-order valence-electron chi connectivity index (χ0n) is 13.4. The monoisotopic (exact) mass is 325 g/mol. The molecule has 0 aliphatic carbocycles. The first-order chi connectivity index (χ1) is 11.0. The van der Waals surface area contributed by atoms with Gasteiger partial charge in [-0.25, -0.2) is 4.98 Å². The lowest BCUT2D eigenvalue weighted by molar-refractivity contribution is 0.470. The molecule has 3 nitrogen and oxygen atoms in total. The van der Waals surface area contributed by atoms with Gasteiger partial charge in [-0.2, -0.15) is 0 Å². The first kappa shape index (κ1) is 15.7. The van der Waals surface area contributed by atoms with E-state index < -0.39 is 0 Å². The van der Waals surface area contributed by atoms with Gasteiger partial charge in [-0.1, -0.05) is 18.2 Å². The van der Waals surface area contributed by atoms with E-state index in [1.165, 1.54) is 0 Å². The number of oxazole rings is 1. The number of aromatic hydroxyl groups is 1. The molecule has 0 amide bonds. The fraction of sp³-hybridized carbons (Fsp3) is 0.211. The lowest BCUT2D eigenvalue weighted by Gasteiger charge is -2.10. The van der Waals surface area contributed by atoms with Gasteiger partial charge in [-0.15, -0.1) is 11.8 Å². The fourth-order valence-electron chi connectivity index (χ4n) is 2.45. The number of rotatable bonds is 4. The van der Waals surface area contributed by atoms with E-state index in [1.54, 1.807) is 17.8 Å². The molecule has 0 saturated carbocycles. The minimum Gasteiger partial charge on any atom is -0.508 e. The van der Waals surface area contributed by atoms with Crippen LogP contribution in [0.1, 0.15) is 29.2 Å². The first-order valence-corrected chi connectivity index (χ1v) is 8.41. The number of aromatic nitrogens is 1. The Hall–Kier alpha value is -2.20. The van der Waals surface area contributed by atoms with Crippen LogP contribution in [0.15, 0.2) is 57.8 Å². The second-order valence-electron chi connectivity index (χ2n) is 5.53. The molecular weight excluding hydrogens is 306 g/mol. The van der Waals surface area contributed by atoms with Crippen molar-refractivity contribution < 1.29 is 9.52 Å². The average molecular weight is 325 g/mol. The molecule has 0 aliphatic rings. The fourth-order valence-corrected chi connectivity index (χ4v) is 3.58. The van der Waals surface area contributed by atoms with Crippen molar-refractivity contribution >= 4 is 11.8 Å². The van der Waals surface area contributed by atoms with Gasteiger partial charge in [-0.05, 0) is 56.7 Å². The van der Waals surface area contributed by atoms with Crippen LogP contribution in [0, 0.1) is 13.8 Å². The largest absolute Gasteiger partial charge is 0.508 e. The molecule has 0 spiro atoms. The second-order valence-corrected chi connectivity index (χ2v) is 6.95. The van der Waals surface area contributed by atoms with Crippen molar-refractivity contribution in [2.24, 2.45) is 0 Å². The molecule has 0 fully saturated rings. The van der Waals surface area contributed by atoms with Crippen LogP contribution in [0.3, 0.4) is 0 Å². The van der Waals surface area contributed by atoms with Crippen molar-refractivity contribution in [2.45, 2.75) is 30.9 Å². The Bertz CT molecular complexity index is 811. The standard InChI is InChI=1S/C19H19NO2S/c1-12-11-16(9-10-17(12)21)23-14(3)18-13(2)22-19(20-18)15-7-5-4-6-8-15/h4-11,14,21H,1-3H3. The van der Waals surface area contributed by atoms with E-state index in [0.29, 0.717) is 11.6 Å². The molecule has 0 radical (unpaired) electrons. The van der Waals surface area contributed by atoms with Gasteiger partial charge in [0.25, 0.3) is 0 Å². The minimum absolute atomic E-state index is 0.167. The third-order valence-corrected chi connectivity index (χ3v) is 4.82. The SMILES string of the molecule is Cc1cc(SC(C)c2nc(-c3ccccc3)oc2C)ccc1O. The molecule has 23 heavy (non-hydrogen) atoms. The number of hydrogen-bond acceptors (Lipinski definition) is 4. The predicted octanol–water partition coefficient (Wildman–Crippen LogP) is 5.52. The van der Waals surface area contributed by atoms with Crippen LogP contribution in [-0.4, -0.2) is 10.1 Å². The Morgan fingerprint density at radius 1 is 1.09 bits per heavy atom. The van der Waals surface area contributed by atoms with Crippen molar-refractivity contribution in [3.8, 4) is 17.2 Å². The van der Waals surface area contributed by atoms with Crippen LogP contribution >= 0.6 is 11.8 Å². The number of hydrogen-bond donors (Lipinski definition) is 1. The number of thioether (sulfide) groups is 1. The van der Waals surface area contributed by atoms with Gasteiger partial charge in [0.2, 0.25) is 5.89 Å². The van der Waals surface area contributed by atoms with Crippen molar-refractivity contribution in [1.29, 1.82) is 0 Å². The van der Waals surface area contributed by atoms with E-state index in [2.05, 4.69) is 11.9 Å². The van der Waals surface area contributed by atoms with Crippen LogP contribution in [0.25, 0.3) is 11.5 Å². The van der Waals surface area contributed by atoms with E-state index in [4.69, 9.17) is 4.42 Å². The van der Waals surface area contributed by atoms with Crippen LogP contribution in [0.2, 0.25) is 0 Å². The summed E-state index contributed by atoms with van der Waals surface area (Å²) in [7, 11) is 0. The van der Waals surface area contributed by atoms with Gasteiger partial charge in [0.1, 0.15) is 11.5 Å². The molecule has 1 unspecified atom stereocenters. The van der Waals surface area contributed by atoms with Gasteiger partial charge in [0, 0.05) is 10.5 Å². The third kappa shape index (κ3) is 3.42. The Morgan fingerprint density at radius 3 is 2.52 bits per heavy atom. The average Bonchev–Trinajstić information content (AvgIpc) is 2.94. The van der Waals surface area contributed by atoms with E-state index in [1.807, 2.05) is 56.3 Å². The molecule has 2 aromatic carbocycles. The van der Waals surface area contributed by atoms with Crippen LogP contribution in [-0.2, 0) is 0 Å². The summed E-state index contributed by atoms with van der Waals surface area (Å²) in [6.07, 6.45) is 0. The Labute approximate surface area is 140 Å².